The van der Waals surface area contributed by atoms with Gasteiger partial charge in [0.2, 0.25) is 0 Å². The van der Waals surface area contributed by atoms with Crippen LogP contribution >= 0.6 is 11.8 Å². The highest BCUT2D eigenvalue weighted by Crippen LogP contribution is 2.43. The molecule has 0 unspecified atom stereocenters. The SMILES string of the molecule is C[C@@H]1[C@H](CSc2ncn[nH]2)O[C@H](c2ccc(-c3cccc(CNC(=O)c4cccnc4)c3)cc2)O[C@@H]1c1ccc(CO)cc1. The van der Waals surface area contributed by atoms with Gasteiger partial charge >= 0.3 is 0 Å². The maximum Gasteiger partial charge on any atom is 0.253 e. The van der Waals surface area contributed by atoms with E-state index in [2.05, 4.69) is 56.7 Å². The Hall–Kier alpha value is -4.35. The Kier molecular flexibility index (Phi) is 9.43. The lowest BCUT2D eigenvalue weighted by molar-refractivity contribution is -0.268. The van der Waals surface area contributed by atoms with Gasteiger partial charge in [0, 0.05) is 36.2 Å². The molecule has 0 bridgehead atoms. The van der Waals surface area contributed by atoms with Crippen LogP contribution < -0.4 is 5.32 Å². The molecule has 4 atom stereocenters. The minimum atomic E-state index is -0.558. The molecular formula is C34H33N5O4S. The number of nitrogens with zero attached hydrogens (tertiary/aromatic N) is 3. The van der Waals surface area contributed by atoms with Crippen LogP contribution in [-0.4, -0.2) is 43.0 Å². The second-order valence-corrected chi connectivity index (χ2v) is 11.7. The van der Waals surface area contributed by atoms with E-state index < -0.39 is 6.29 Å². The van der Waals surface area contributed by atoms with E-state index in [0.717, 1.165) is 38.5 Å². The van der Waals surface area contributed by atoms with Gasteiger partial charge in [-0.05, 0) is 46.0 Å². The fourth-order valence-electron chi connectivity index (χ4n) is 5.21. The maximum atomic E-state index is 12.5. The summed E-state index contributed by atoms with van der Waals surface area (Å²) < 4.78 is 13.1. The molecule has 0 radical (unpaired) electrons. The molecule has 1 amide bonds. The van der Waals surface area contributed by atoms with E-state index in [9.17, 15) is 9.90 Å². The van der Waals surface area contributed by atoms with E-state index in [1.807, 2.05) is 48.5 Å². The summed E-state index contributed by atoms with van der Waals surface area (Å²) in [6.45, 7) is 2.55. The number of aliphatic hydroxyl groups is 1. The zero-order valence-electron chi connectivity index (χ0n) is 24.2. The fourth-order valence-corrected chi connectivity index (χ4v) is 6.15. The van der Waals surface area contributed by atoms with Crippen LogP contribution in [0.3, 0.4) is 0 Å². The third kappa shape index (κ3) is 7.06. The van der Waals surface area contributed by atoms with Crippen molar-refractivity contribution in [2.45, 2.75) is 43.7 Å². The number of ether oxygens (including phenoxy) is 2. The van der Waals surface area contributed by atoms with Crippen molar-refractivity contribution in [3.05, 3.63) is 131 Å². The Balaban J connectivity index is 1.17. The highest BCUT2D eigenvalue weighted by Gasteiger charge is 2.38. The van der Waals surface area contributed by atoms with Crippen molar-refractivity contribution in [3.8, 4) is 11.1 Å². The van der Waals surface area contributed by atoms with Crippen molar-refractivity contribution in [3.63, 3.8) is 0 Å². The van der Waals surface area contributed by atoms with E-state index in [0.29, 0.717) is 17.9 Å². The van der Waals surface area contributed by atoms with Crippen molar-refractivity contribution in [2.24, 2.45) is 5.92 Å². The number of hydrogen-bond donors (Lipinski definition) is 3. The molecule has 0 spiro atoms. The average Bonchev–Trinajstić information content (AvgIpc) is 3.61. The number of benzene rings is 3. The summed E-state index contributed by atoms with van der Waals surface area (Å²) in [5.74, 6) is 0.598. The van der Waals surface area contributed by atoms with Crippen LogP contribution in [0.2, 0.25) is 0 Å². The van der Waals surface area contributed by atoms with E-state index in [-0.39, 0.29) is 30.6 Å². The Bertz CT molecular complexity index is 1650. The summed E-state index contributed by atoms with van der Waals surface area (Å²) in [4.78, 5) is 20.7. The average molecular weight is 608 g/mol. The van der Waals surface area contributed by atoms with Crippen LogP contribution in [0.25, 0.3) is 11.1 Å². The molecule has 1 aliphatic heterocycles. The minimum absolute atomic E-state index is 0.00116. The fraction of sp³-hybridized carbons (Fsp3) is 0.235. The van der Waals surface area contributed by atoms with Crippen molar-refractivity contribution in [1.82, 2.24) is 25.5 Å². The monoisotopic (exact) mass is 607 g/mol. The van der Waals surface area contributed by atoms with Gasteiger partial charge in [-0.15, -0.1) is 0 Å². The van der Waals surface area contributed by atoms with Crippen LogP contribution in [0.4, 0.5) is 0 Å². The van der Waals surface area contributed by atoms with Gasteiger partial charge in [-0.3, -0.25) is 14.9 Å². The smallest absolute Gasteiger partial charge is 0.253 e. The lowest BCUT2D eigenvalue weighted by Gasteiger charge is -2.41. The first-order valence-electron chi connectivity index (χ1n) is 14.4. The van der Waals surface area contributed by atoms with Crippen LogP contribution in [0.1, 0.15) is 51.9 Å². The van der Waals surface area contributed by atoms with E-state index >= 15 is 0 Å². The predicted molar refractivity (Wildman–Crippen MR) is 167 cm³/mol. The zero-order chi connectivity index (χ0) is 30.3. The number of pyridine rings is 1. The molecule has 1 aliphatic rings. The van der Waals surface area contributed by atoms with Crippen molar-refractivity contribution < 1.29 is 19.4 Å². The molecule has 9 nitrogen and oxygen atoms in total. The van der Waals surface area contributed by atoms with Gasteiger partial charge < -0.3 is 19.9 Å². The van der Waals surface area contributed by atoms with Crippen molar-refractivity contribution in [2.75, 3.05) is 5.75 Å². The number of rotatable bonds is 10. The molecule has 3 heterocycles. The Morgan fingerprint density at radius 2 is 1.77 bits per heavy atom. The molecule has 0 aliphatic carbocycles. The molecule has 6 rings (SSSR count). The lowest BCUT2D eigenvalue weighted by Crippen LogP contribution is -2.38. The number of nitrogens with one attached hydrogen (secondary N) is 2. The largest absolute Gasteiger partial charge is 0.392 e. The standard InChI is InChI=1S/C34H33N5O4S/c1-22-30(20-44-34-37-21-38-39-34)42-33(43-31(22)26-9-7-23(19-40)8-10-26)27-13-11-25(12-14-27)28-5-2-4-24(16-28)17-36-32(41)29-6-3-15-35-18-29/h2-16,18,21-22,30-31,33,40H,17,19-20H2,1H3,(H,36,41)(H,37,38,39)/t22-,30+,31+,33+/m1/s1. The van der Waals surface area contributed by atoms with E-state index in [4.69, 9.17) is 9.47 Å². The highest BCUT2D eigenvalue weighted by atomic mass is 32.2. The van der Waals surface area contributed by atoms with Crippen LogP contribution in [-0.2, 0) is 22.6 Å². The second-order valence-electron chi connectivity index (χ2n) is 10.7. The minimum Gasteiger partial charge on any atom is -0.392 e. The Labute approximate surface area is 260 Å². The summed E-state index contributed by atoms with van der Waals surface area (Å²) in [7, 11) is 0. The Morgan fingerprint density at radius 1 is 0.955 bits per heavy atom. The topological polar surface area (TPSA) is 122 Å². The number of hydrogen-bond acceptors (Lipinski definition) is 8. The molecule has 3 N–H and O–H groups in total. The zero-order valence-corrected chi connectivity index (χ0v) is 25.0. The summed E-state index contributed by atoms with van der Waals surface area (Å²) >= 11 is 1.57. The molecule has 224 valence electrons. The Morgan fingerprint density at radius 3 is 2.50 bits per heavy atom. The van der Waals surface area contributed by atoms with Crippen molar-refractivity contribution >= 4 is 17.7 Å². The van der Waals surface area contributed by atoms with Gasteiger partial charge in [0.1, 0.15) is 6.33 Å². The summed E-state index contributed by atoms with van der Waals surface area (Å²) in [5, 5.41) is 20.1. The summed E-state index contributed by atoms with van der Waals surface area (Å²) in [6.07, 6.45) is 3.84. The predicted octanol–water partition coefficient (Wildman–Crippen LogP) is 5.87. The van der Waals surface area contributed by atoms with Crippen molar-refractivity contribution in [1.29, 1.82) is 0 Å². The van der Waals surface area contributed by atoms with Gasteiger partial charge in [-0.1, -0.05) is 85.4 Å². The first kappa shape index (κ1) is 29.7. The van der Waals surface area contributed by atoms with E-state index in [1.54, 1.807) is 36.3 Å². The molecule has 44 heavy (non-hydrogen) atoms. The molecule has 10 heteroatoms. The number of aromatic amines is 1. The van der Waals surface area contributed by atoms with Gasteiger partial charge in [-0.2, -0.15) is 5.10 Å². The van der Waals surface area contributed by atoms with Gasteiger partial charge in [0.15, 0.2) is 11.4 Å². The third-order valence-corrected chi connectivity index (χ3v) is 8.69. The number of carbonyl (C=O) groups is 1. The van der Waals surface area contributed by atoms with Gasteiger partial charge in [-0.25, -0.2) is 4.98 Å². The van der Waals surface area contributed by atoms with Crippen LogP contribution in [0.5, 0.6) is 0 Å². The number of carbonyl (C=O) groups excluding carboxylic acids is 1. The molecule has 5 aromatic rings. The van der Waals surface area contributed by atoms with E-state index in [1.165, 1.54) is 6.33 Å². The number of H-pyrrole nitrogens is 1. The second kappa shape index (κ2) is 14.0. The molecular weight excluding hydrogens is 574 g/mol. The van der Waals surface area contributed by atoms with Gasteiger partial charge in [0.25, 0.3) is 5.91 Å². The van der Waals surface area contributed by atoms with Crippen LogP contribution in [0.15, 0.2) is 109 Å². The number of amides is 1. The lowest BCUT2D eigenvalue weighted by atomic mass is 9.91. The first-order valence-corrected chi connectivity index (χ1v) is 15.4. The van der Waals surface area contributed by atoms with Gasteiger partial charge in [0.05, 0.1) is 24.4 Å². The van der Waals surface area contributed by atoms with Crippen LogP contribution in [0, 0.1) is 5.92 Å². The quantitative estimate of drug-likeness (QED) is 0.169. The molecule has 2 aromatic heterocycles. The first-order chi connectivity index (χ1) is 21.6. The summed E-state index contributed by atoms with van der Waals surface area (Å²) in [6, 6.07) is 27.7. The molecule has 0 saturated carbocycles. The molecule has 1 saturated heterocycles. The third-order valence-electron chi connectivity index (χ3n) is 7.72. The maximum absolute atomic E-state index is 12.5. The normalized spacial score (nSPS) is 19.9. The molecule has 1 fully saturated rings. The summed E-state index contributed by atoms with van der Waals surface area (Å²) in [5.41, 5.74) is 6.45. The number of aromatic nitrogens is 4. The molecule has 3 aromatic carbocycles. The number of thioether (sulfide) groups is 1. The highest BCUT2D eigenvalue weighted by molar-refractivity contribution is 7.99. The number of aliphatic hydroxyl groups excluding tert-OH is 1.